The minimum Gasteiger partial charge on any atom is -0.398 e. The molecule has 0 atom stereocenters. The van der Waals surface area contributed by atoms with Crippen LogP contribution in [0.1, 0.15) is 11.4 Å². The van der Waals surface area contributed by atoms with Crippen LogP contribution in [0, 0.1) is 6.92 Å². The summed E-state index contributed by atoms with van der Waals surface area (Å²) in [6.07, 6.45) is 1.81. The number of aromatic amines is 1. The summed E-state index contributed by atoms with van der Waals surface area (Å²) in [5, 5.41) is 6.35. The molecule has 1 aromatic carbocycles. The van der Waals surface area contributed by atoms with Crippen LogP contribution in [0.25, 0.3) is 0 Å². The number of hydrogen-bond donors (Lipinski definition) is 3. The van der Waals surface area contributed by atoms with Gasteiger partial charge in [0.1, 0.15) is 17.0 Å². The number of nitrogen functional groups attached to an aromatic ring is 1. The van der Waals surface area contributed by atoms with Crippen LogP contribution >= 0.6 is 0 Å². The molecule has 0 aliphatic rings. The van der Waals surface area contributed by atoms with E-state index in [4.69, 9.17) is 5.73 Å². The van der Waals surface area contributed by atoms with Crippen molar-refractivity contribution in [1.82, 2.24) is 19.9 Å². The molecule has 0 fully saturated rings. The van der Waals surface area contributed by atoms with E-state index in [0.29, 0.717) is 12.2 Å². The molecule has 19 heavy (non-hydrogen) atoms. The minimum atomic E-state index is -3.60. The Morgan fingerprint density at radius 3 is 2.84 bits per heavy atom. The van der Waals surface area contributed by atoms with Gasteiger partial charge in [-0.15, -0.1) is 0 Å². The van der Waals surface area contributed by atoms with Gasteiger partial charge in [-0.05, 0) is 24.6 Å². The van der Waals surface area contributed by atoms with Crippen LogP contribution < -0.4 is 10.5 Å². The molecule has 0 bridgehead atoms. The molecule has 8 heteroatoms. The Morgan fingerprint density at radius 1 is 1.42 bits per heavy atom. The quantitative estimate of drug-likeness (QED) is 0.678. The summed E-state index contributed by atoms with van der Waals surface area (Å²) in [6, 6.07) is 4.84. The second kappa shape index (κ2) is 5.37. The molecule has 7 nitrogen and oxygen atoms in total. The molecular formula is C11H15N5O2S. The Kier molecular flexibility index (Phi) is 3.82. The first-order valence-electron chi connectivity index (χ1n) is 5.69. The lowest BCUT2D eigenvalue weighted by molar-refractivity contribution is 0.581. The smallest absolute Gasteiger partial charge is 0.242 e. The number of rotatable bonds is 5. The molecule has 0 aliphatic carbocycles. The second-order valence-electron chi connectivity index (χ2n) is 4.12. The number of anilines is 1. The fourth-order valence-electron chi connectivity index (χ4n) is 1.65. The fraction of sp³-hybridized carbons (Fsp3) is 0.273. The minimum absolute atomic E-state index is 0.0932. The van der Waals surface area contributed by atoms with Crippen molar-refractivity contribution in [2.24, 2.45) is 0 Å². The fourth-order valence-corrected chi connectivity index (χ4v) is 2.79. The van der Waals surface area contributed by atoms with Crippen LogP contribution in [0.5, 0.6) is 0 Å². The van der Waals surface area contributed by atoms with Gasteiger partial charge in [-0.1, -0.05) is 6.07 Å². The highest BCUT2D eigenvalue weighted by Gasteiger charge is 2.16. The summed E-state index contributed by atoms with van der Waals surface area (Å²) in [4.78, 5) is 4.00. The molecule has 1 heterocycles. The van der Waals surface area contributed by atoms with Crippen molar-refractivity contribution < 1.29 is 8.42 Å². The molecule has 4 N–H and O–H groups in total. The molecule has 0 unspecified atom stereocenters. The number of sulfonamides is 1. The van der Waals surface area contributed by atoms with Gasteiger partial charge in [0.2, 0.25) is 10.0 Å². The number of hydrogen-bond acceptors (Lipinski definition) is 5. The van der Waals surface area contributed by atoms with E-state index in [9.17, 15) is 8.42 Å². The van der Waals surface area contributed by atoms with Gasteiger partial charge in [-0.3, -0.25) is 5.10 Å². The van der Waals surface area contributed by atoms with Crippen molar-refractivity contribution in [3.63, 3.8) is 0 Å². The van der Waals surface area contributed by atoms with E-state index in [-0.39, 0.29) is 17.1 Å². The van der Waals surface area contributed by atoms with Gasteiger partial charge < -0.3 is 5.73 Å². The standard InChI is InChI=1S/C11H15N5O2S/c1-8-2-3-10(9(12)6-8)19(17,18)15-5-4-11-13-7-14-16-11/h2-3,6-7,15H,4-5,12H2,1H3,(H,13,14,16). The van der Waals surface area contributed by atoms with Crippen LogP contribution in [0.3, 0.4) is 0 Å². The highest BCUT2D eigenvalue weighted by molar-refractivity contribution is 7.89. The van der Waals surface area contributed by atoms with Crippen molar-refractivity contribution in [2.45, 2.75) is 18.2 Å². The summed E-state index contributed by atoms with van der Waals surface area (Å²) >= 11 is 0. The maximum atomic E-state index is 12.1. The van der Waals surface area contributed by atoms with Gasteiger partial charge in [0.25, 0.3) is 0 Å². The van der Waals surface area contributed by atoms with Crippen molar-refractivity contribution >= 4 is 15.7 Å². The molecule has 102 valence electrons. The van der Waals surface area contributed by atoms with E-state index in [2.05, 4.69) is 19.9 Å². The number of nitrogens with zero attached hydrogens (tertiary/aromatic N) is 2. The lowest BCUT2D eigenvalue weighted by atomic mass is 10.2. The van der Waals surface area contributed by atoms with E-state index in [1.165, 1.54) is 12.4 Å². The van der Waals surface area contributed by atoms with Gasteiger partial charge in [-0.2, -0.15) is 5.10 Å². The molecular weight excluding hydrogens is 266 g/mol. The Labute approximate surface area is 111 Å². The summed E-state index contributed by atoms with van der Waals surface area (Å²) < 4.78 is 26.6. The molecule has 1 aromatic heterocycles. The first-order valence-corrected chi connectivity index (χ1v) is 7.17. The lowest BCUT2D eigenvalue weighted by Gasteiger charge is -2.09. The van der Waals surface area contributed by atoms with Crippen LogP contribution in [-0.2, 0) is 16.4 Å². The first-order chi connectivity index (χ1) is 8.99. The third-order valence-corrected chi connectivity index (χ3v) is 4.11. The molecule has 2 rings (SSSR count). The van der Waals surface area contributed by atoms with Crippen molar-refractivity contribution in [3.05, 3.63) is 35.9 Å². The number of H-pyrrole nitrogens is 1. The lowest BCUT2D eigenvalue weighted by Crippen LogP contribution is -2.27. The van der Waals surface area contributed by atoms with Crippen LogP contribution in [0.4, 0.5) is 5.69 Å². The largest absolute Gasteiger partial charge is 0.398 e. The summed E-state index contributed by atoms with van der Waals surface area (Å²) in [7, 11) is -3.60. The van der Waals surface area contributed by atoms with Gasteiger partial charge >= 0.3 is 0 Å². The normalized spacial score (nSPS) is 11.6. The zero-order valence-electron chi connectivity index (χ0n) is 10.4. The average Bonchev–Trinajstić information content (AvgIpc) is 2.81. The van der Waals surface area contributed by atoms with Crippen LogP contribution in [0.2, 0.25) is 0 Å². The monoisotopic (exact) mass is 281 g/mol. The molecule has 0 amide bonds. The van der Waals surface area contributed by atoms with Gasteiger partial charge in [0, 0.05) is 13.0 Å². The van der Waals surface area contributed by atoms with Crippen molar-refractivity contribution in [2.75, 3.05) is 12.3 Å². The molecule has 0 saturated heterocycles. The predicted octanol–water partition coefficient (Wildman–Crippen LogP) is 0.216. The third kappa shape index (κ3) is 3.30. The van der Waals surface area contributed by atoms with Crippen molar-refractivity contribution in [1.29, 1.82) is 0 Å². The van der Waals surface area contributed by atoms with E-state index in [1.807, 2.05) is 6.92 Å². The number of aryl methyl sites for hydroxylation is 1. The van der Waals surface area contributed by atoms with Crippen molar-refractivity contribution in [3.8, 4) is 0 Å². The van der Waals surface area contributed by atoms with Gasteiger partial charge in [0.15, 0.2) is 0 Å². The number of aromatic nitrogens is 3. The van der Waals surface area contributed by atoms with Gasteiger partial charge in [-0.25, -0.2) is 18.1 Å². The molecule has 0 radical (unpaired) electrons. The first kappa shape index (κ1) is 13.5. The second-order valence-corrected chi connectivity index (χ2v) is 5.86. The maximum absolute atomic E-state index is 12.1. The Balaban J connectivity index is 2.05. The molecule has 0 saturated carbocycles. The van der Waals surface area contributed by atoms with E-state index in [1.54, 1.807) is 12.1 Å². The highest BCUT2D eigenvalue weighted by atomic mass is 32.2. The third-order valence-electron chi connectivity index (χ3n) is 2.57. The zero-order valence-corrected chi connectivity index (χ0v) is 11.2. The van der Waals surface area contributed by atoms with E-state index in [0.717, 1.165) is 5.56 Å². The Bertz CT molecular complexity index is 652. The maximum Gasteiger partial charge on any atom is 0.242 e. The van der Waals surface area contributed by atoms with Gasteiger partial charge in [0.05, 0.1) is 5.69 Å². The molecule has 0 aliphatic heterocycles. The zero-order chi connectivity index (χ0) is 13.9. The summed E-state index contributed by atoms with van der Waals surface area (Å²) in [5.74, 6) is 0.625. The predicted molar refractivity (Wildman–Crippen MR) is 70.9 cm³/mol. The van der Waals surface area contributed by atoms with E-state index >= 15 is 0 Å². The average molecular weight is 281 g/mol. The molecule has 0 spiro atoms. The Morgan fingerprint density at radius 2 is 2.21 bits per heavy atom. The summed E-state index contributed by atoms with van der Waals surface area (Å²) in [6.45, 7) is 2.08. The Hall–Kier alpha value is -1.93. The topological polar surface area (TPSA) is 114 Å². The number of nitrogens with two attached hydrogens (primary N) is 1. The molecule has 2 aromatic rings. The summed E-state index contributed by atoms with van der Waals surface area (Å²) in [5.41, 5.74) is 6.88. The van der Waals surface area contributed by atoms with Crippen LogP contribution in [-0.4, -0.2) is 30.1 Å². The van der Waals surface area contributed by atoms with E-state index < -0.39 is 10.0 Å². The highest BCUT2D eigenvalue weighted by Crippen LogP contribution is 2.18. The SMILES string of the molecule is Cc1ccc(S(=O)(=O)NCCc2ncn[nH]2)c(N)c1. The number of nitrogens with one attached hydrogen (secondary N) is 2. The van der Waals surface area contributed by atoms with Crippen LogP contribution in [0.15, 0.2) is 29.4 Å². The number of benzene rings is 1.